The number of benzene rings is 1. The summed E-state index contributed by atoms with van der Waals surface area (Å²) < 4.78 is 4.60. The first kappa shape index (κ1) is 22.2. The Balaban J connectivity index is 1.60. The Morgan fingerprint density at radius 2 is 1.71 bits per heavy atom. The van der Waals surface area contributed by atoms with Gasteiger partial charge in [0.2, 0.25) is 5.91 Å². The number of methoxy groups -OCH3 is 1. The SMILES string of the molecule is COC(=O)CCCCCCNC(=O)C1CCN(C(=O)c2ccc(Cl)cc2)CC1. The Morgan fingerprint density at radius 1 is 1.07 bits per heavy atom. The fourth-order valence-electron chi connectivity index (χ4n) is 3.33. The first-order valence-corrected chi connectivity index (χ1v) is 10.3. The van der Waals surface area contributed by atoms with Crippen LogP contribution in [0.3, 0.4) is 0 Å². The minimum absolute atomic E-state index is 0.0116. The maximum absolute atomic E-state index is 12.5. The van der Waals surface area contributed by atoms with Gasteiger partial charge in [0.15, 0.2) is 0 Å². The van der Waals surface area contributed by atoms with E-state index < -0.39 is 0 Å². The fourth-order valence-corrected chi connectivity index (χ4v) is 3.45. The molecule has 1 aliphatic rings. The number of piperidine rings is 1. The normalized spacial score (nSPS) is 14.6. The van der Waals surface area contributed by atoms with E-state index >= 15 is 0 Å². The molecule has 2 rings (SSSR count). The molecule has 0 unspecified atom stereocenters. The zero-order valence-corrected chi connectivity index (χ0v) is 17.2. The van der Waals surface area contributed by atoms with Gasteiger partial charge in [-0.05, 0) is 49.9 Å². The van der Waals surface area contributed by atoms with Crippen LogP contribution in [-0.2, 0) is 14.3 Å². The summed E-state index contributed by atoms with van der Waals surface area (Å²) in [7, 11) is 1.40. The largest absolute Gasteiger partial charge is 0.469 e. The van der Waals surface area contributed by atoms with Crippen molar-refractivity contribution in [2.24, 2.45) is 5.92 Å². The highest BCUT2D eigenvalue weighted by atomic mass is 35.5. The van der Waals surface area contributed by atoms with E-state index in [1.165, 1.54) is 7.11 Å². The number of hydrogen-bond acceptors (Lipinski definition) is 4. The number of likely N-dealkylation sites (tertiary alicyclic amines) is 1. The summed E-state index contributed by atoms with van der Waals surface area (Å²) in [5, 5.41) is 3.60. The highest BCUT2D eigenvalue weighted by Crippen LogP contribution is 2.20. The fraction of sp³-hybridized carbons (Fsp3) is 0.571. The van der Waals surface area contributed by atoms with Gasteiger partial charge in [-0.25, -0.2) is 0 Å². The number of carbonyl (C=O) groups is 3. The molecule has 1 N–H and O–H groups in total. The number of nitrogens with zero attached hydrogens (tertiary/aromatic N) is 1. The highest BCUT2D eigenvalue weighted by Gasteiger charge is 2.27. The van der Waals surface area contributed by atoms with Crippen LogP contribution >= 0.6 is 11.6 Å². The van der Waals surface area contributed by atoms with Crippen molar-refractivity contribution >= 4 is 29.4 Å². The van der Waals surface area contributed by atoms with Crippen molar-refractivity contribution in [3.8, 4) is 0 Å². The third-order valence-electron chi connectivity index (χ3n) is 5.08. The third kappa shape index (κ3) is 7.15. The van der Waals surface area contributed by atoms with Gasteiger partial charge in [0, 0.05) is 42.6 Å². The topological polar surface area (TPSA) is 75.7 Å². The van der Waals surface area contributed by atoms with Crippen molar-refractivity contribution in [2.75, 3.05) is 26.7 Å². The zero-order valence-electron chi connectivity index (χ0n) is 16.4. The summed E-state index contributed by atoms with van der Waals surface area (Å²) in [6.07, 6.45) is 5.48. The van der Waals surface area contributed by atoms with Gasteiger partial charge in [-0.3, -0.25) is 14.4 Å². The number of rotatable bonds is 9. The lowest BCUT2D eigenvalue weighted by Gasteiger charge is -2.31. The summed E-state index contributed by atoms with van der Waals surface area (Å²) in [4.78, 5) is 37.6. The van der Waals surface area contributed by atoms with Crippen molar-refractivity contribution in [1.82, 2.24) is 10.2 Å². The number of unbranched alkanes of at least 4 members (excludes halogenated alkanes) is 3. The predicted octanol–water partition coefficient (Wildman–Crippen LogP) is 3.43. The molecular formula is C21H29ClN2O4. The minimum atomic E-state index is -0.172. The summed E-state index contributed by atoms with van der Waals surface area (Å²) >= 11 is 5.86. The van der Waals surface area contributed by atoms with E-state index in [0.717, 1.165) is 25.7 Å². The van der Waals surface area contributed by atoms with Crippen molar-refractivity contribution in [3.63, 3.8) is 0 Å². The van der Waals surface area contributed by atoms with Crippen LogP contribution in [0.15, 0.2) is 24.3 Å². The molecule has 1 fully saturated rings. The third-order valence-corrected chi connectivity index (χ3v) is 5.33. The zero-order chi connectivity index (χ0) is 20.4. The van der Waals surface area contributed by atoms with Crippen molar-refractivity contribution < 1.29 is 19.1 Å². The van der Waals surface area contributed by atoms with Gasteiger partial charge in [-0.15, -0.1) is 0 Å². The number of carbonyl (C=O) groups excluding carboxylic acids is 3. The number of nitrogens with one attached hydrogen (secondary N) is 1. The molecule has 0 bridgehead atoms. The molecule has 0 aromatic heterocycles. The molecule has 0 spiro atoms. The molecule has 0 aliphatic carbocycles. The summed E-state index contributed by atoms with van der Waals surface area (Å²) in [6, 6.07) is 6.89. The lowest BCUT2D eigenvalue weighted by molar-refractivity contribution is -0.140. The second-order valence-electron chi connectivity index (χ2n) is 7.10. The Morgan fingerprint density at radius 3 is 2.36 bits per heavy atom. The summed E-state index contributed by atoms with van der Waals surface area (Å²) in [5.41, 5.74) is 0.625. The van der Waals surface area contributed by atoms with Gasteiger partial charge in [-0.2, -0.15) is 0 Å². The second-order valence-corrected chi connectivity index (χ2v) is 7.54. The molecule has 1 aromatic carbocycles. The number of esters is 1. The molecule has 28 heavy (non-hydrogen) atoms. The van der Waals surface area contributed by atoms with Crippen LogP contribution in [0, 0.1) is 5.92 Å². The van der Waals surface area contributed by atoms with Gasteiger partial charge in [-0.1, -0.05) is 24.4 Å². The maximum Gasteiger partial charge on any atom is 0.305 e. The maximum atomic E-state index is 12.5. The van der Waals surface area contributed by atoms with Crippen LogP contribution < -0.4 is 5.32 Å². The Labute approximate surface area is 171 Å². The molecule has 7 heteroatoms. The van der Waals surface area contributed by atoms with Crippen LogP contribution in [0.2, 0.25) is 5.02 Å². The van der Waals surface area contributed by atoms with Crippen LogP contribution in [-0.4, -0.2) is 49.4 Å². The quantitative estimate of drug-likeness (QED) is 0.501. The van der Waals surface area contributed by atoms with Gasteiger partial charge in [0.05, 0.1) is 7.11 Å². The van der Waals surface area contributed by atoms with E-state index in [1.54, 1.807) is 29.2 Å². The Kier molecular flexibility index (Phi) is 9.28. The van der Waals surface area contributed by atoms with Crippen LogP contribution in [0.25, 0.3) is 0 Å². The van der Waals surface area contributed by atoms with E-state index in [1.807, 2.05) is 0 Å². The highest BCUT2D eigenvalue weighted by molar-refractivity contribution is 6.30. The molecular weight excluding hydrogens is 380 g/mol. The molecule has 0 radical (unpaired) electrons. The lowest BCUT2D eigenvalue weighted by atomic mass is 9.95. The molecule has 6 nitrogen and oxygen atoms in total. The Bertz CT molecular complexity index is 655. The van der Waals surface area contributed by atoms with E-state index in [2.05, 4.69) is 10.1 Å². The van der Waals surface area contributed by atoms with Gasteiger partial charge in [0.25, 0.3) is 5.91 Å². The van der Waals surface area contributed by atoms with Crippen molar-refractivity contribution in [2.45, 2.75) is 44.9 Å². The molecule has 2 amide bonds. The number of amides is 2. The van der Waals surface area contributed by atoms with Crippen LogP contribution in [0.4, 0.5) is 0 Å². The molecule has 0 atom stereocenters. The number of hydrogen-bond donors (Lipinski definition) is 1. The number of halogens is 1. The molecule has 0 saturated carbocycles. The van der Waals surface area contributed by atoms with Crippen LogP contribution in [0.1, 0.15) is 55.3 Å². The molecule has 154 valence electrons. The monoisotopic (exact) mass is 408 g/mol. The molecule has 1 aromatic rings. The van der Waals surface area contributed by atoms with Gasteiger partial charge < -0.3 is 15.0 Å². The minimum Gasteiger partial charge on any atom is -0.469 e. The first-order valence-electron chi connectivity index (χ1n) is 9.90. The summed E-state index contributed by atoms with van der Waals surface area (Å²) in [5.74, 6) is -0.140. The first-order chi connectivity index (χ1) is 13.5. The van der Waals surface area contributed by atoms with Gasteiger partial charge >= 0.3 is 5.97 Å². The van der Waals surface area contributed by atoms with E-state index in [0.29, 0.717) is 49.5 Å². The summed E-state index contributed by atoms with van der Waals surface area (Å²) in [6.45, 7) is 1.83. The van der Waals surface area contributed by atoms with E-state index in [-0.39, 0.29) is 23.7 Å². The Hall–Kier alpha value is -2.08. The average molecular weight is 409 g/mol. The predicted molar refractivity (Wildman–Crippen MR) is 108 cm³/mol. The van der Waals surface area contributed by atoms with Crippen molar-refractivity contribution in [1.29, 1.82) is 0 Å². The van der Waals surface area contributed by atoms with Crippen LogP contribution in [0.5, 0.6) is 0 Å². The standard InChI is InChI=1S/C21H29ClN2O4/c1-28-19(25)6-4-2-3-5-13-23-20(26)16-11-14-24(15-12-16)21(27)17-7-9-18(22)10-8-17/h7-10,16H,2-6,11-15H2,1H3,(H,23,26). The van der Waals surface area contributed by atoms with Gasteiger partial charge in [0.1, 0.15) is 0 Å². The smallest absolute Gasteiger partial charge is 0.305 e. The van der Waals surface area contributed by atoms with E-state index in [4.69, 9.17) is 11.6 Å². The molecule has 1 heterocycles. The van der Waals surface area contributed by atoms with E-state index in [9.17, 15) is 14.4 Å². The number of ether oxygens (including phenoxy) is 1. The molecule has 1 aliphatic heterocycles. The molecule has 1 saturated heterocycles. The van der Waals surface area contributed by atoms with Crippen molar-refractivity contribution in [3.05, 3.63) is 34.9 Å². The lowest BCUT2D eigenvalue weighted by Crippen LogP contribution is -2.43. The average Bonchev–Trinajstić information content (AvgIpc) is 2.72. The second kappa shape index (κ2) is 11.7.